The van der Waals surface area contributed by atoms with Gasteiger partial charge in [-0.2, -0.15) is 0 Å². The van der Waals surface area contributed by atoms with Gasteiger partial charge in [0.25, 0.3) is 0 Å². The first-order chi connectivity index (χ1) is 19.7. The standard InChI is InChI=1S/C35H34O6/c1-7-21(4)17-19-25-23(6)31-27-13-9-11-15-29(27)33(25)41-35(37)40-32-24(18-16-20(2)3)22(5)30(38-34(36)39-31)26-12-8-10-14-28(26)32/h8-17H,7,18-19H2,1-6H3/b21-17+. The van der Waals surface area contributed by atoms with E-state index in [9.17, 15) is 9.59 Å². The highest BCUT2D eigenvalue weighted by Crippen LogP contribution is 2.44. The monoisotopic (exact) mass is 550 g/mol. The predicted octanol–water partition coefficient (Wildman–Crippen LogP) is 9.49. The Balaban J connectivity index is 1.79. The molecule has 6 nitrogen and oxygen atoms in total. The van der Waals surface area contributed by atoms with E-state index in [1.807, 2.05) is 82.3 Å². The Morgan fingerprint density at radius 3 is 1.37 bits per heavy atom. The SMILES string of the molecule is CC/C(C)=C/Cc1c(C)c2c3ccccc3c1OC(=O)Oc1c(CC=C(C)C)c(C)c(c3ccccc13)OC(=O)O2. The van der Waals surface area contributed by atoms with Crippen molar-refractivity contribution in [1.29, 1.82) is 0 Å². The molecular weight excluding hydrogens is 516 g/mol. The molecule has 0 aliphatic carbocycles. The first-order valence-corrected chi connectivity index (χ1v) is 13.9. The van der Waals surface area contributed by atoms with Gasteiger partial charge < -0.3 is 18.9 Å². The Labute approximate surface area is 240 Å². The van der Waals surface area contributed by atoms with E-state index >= 15 is 0 Å². The highest BCUT2D eigenvalue weighted by atomic mass is 16.7. The van der Waals surface area contributed by atoms with E-state index in [4.69, 9.17) is 18.9 Å². The number of fused-ring (bicyclic) bond motifs is 6. The summed E-state index contributed by atoms with van der Waals surface area (Å²) >= 11 is 0. The van der Waals surface area contributed by atoms with Crippen molar-refractivity contribution in [2.24, 2.45) is 0 Å². The van der Waals surface area contributed by atoms with Crippen LogP contribution in [0.25, 0.3) is 21.5 Å². The van der Waals surface area contributed by atoms with Crippen molar-refractivity contribution in [2.45, 2.75) is 60.8 Å². The zero-order chi connectivity index (χ0) is 29.3. The summed E-state index contributed by atoms with van der Waals surface area (Å²) in [6.07, 6.45) is 4.27. The molecule has 0 radical (unpaired) electrons. The van der Waals surface area contributed by atoms with E-state index in [1.54, 1.807) is 0 Å². The Kier molecular flexibility index (Phi) is 7.84. The second-order valence-corrected chi connectivity index (χ2v) is 10.6. The fourth-order valence-electron chi connectivity index (χ4n) is 5.19. The lowest BCUT2D eigenvalue weighted by Gasteiger charge is -2.22. The first kappa shape index (κ1) is 28.0. The van der Waals surface area contributed by atoms with Crippen molar-refractivity contribution in [3.05, 3.63) is 94.1 Å². The molecule has 2 heterocycles. The molecule has 4 bridgehead atoms. The first-order valence-electron chi connectivity index (χ1n) is 13.9. The molecule has 0 fully saturated rings. The van der Waals surface area contributed by atoms with E-state index in [2.05, 4.69) is 19.9 Å². The smallest absolute Gasteiger partial charge is 0.394 e. The Hall–Kier alpha value is -4.58. The third-order valence-electron chi connectivity index (χ3n) is 7.64. The third kappa shape index (κ3) is 5.42. The number of hydrogen-bond acceptors (Lipinski definition) is 6. The number of carbonyl (C=O) groups excluding carboxylic acids is 2. The number of carbonyl (C=O) groups is 2. The lowest BCUT2D eigenvalue weighted by molar-refractivity contribution is 0.148. The van der Waals surface area contributed by atoms with Crippen LogP contribution in [0.1, 0.15) is 56.4 Å². The molecule has 2 aliphatic rings. The molecule has 41 heavy (non-hydrogen) atoms. The quantitative estimate of drug-likeness (QED) is 0.140. The molecule has 6 heteroatoms. The van der Waals surface area contributed by atoms with Crippen molar-refractivity contribution < 1.29 is 28.5 Å². The van der Waals surface area contributed by atoms with E-state index in [0.29, 0.717) is 68.5 Å². The van der Waals surface area contributed by atoms with Crippen LogP contribution in [0.15, 0.2) is 71.8 Å². The van der Waals surface area contributed by atoms with Crippen molar-refractivity contribution in [1.82, 2.24) is 0 Å². The van der Waals surface area contributed by atoms with Crippen LogP contribution in [-0.4, -0.2) is 12.3 Å². The van der Waals surface area contributed by atoms with Gasteiger partial charge in [-0.3, -0.25) is 0 Å². The van der Waals surface area contributed by atoms with Crippen LogP contribution in [0.3, 0.4) is 0 Å². The molecule has 0 aromatic heterocycles. The summed E-state index contributed by atoms with van der Waals surface area (Å²) in [5, 5.41) is 2.51. The fourth-order valence-corrected chi connectivity index (χ4v) is 5.19. The van der Waals surface area contributed by atoms with E-state index in [1.165, 1.54) is 5.57 Å². The minimum Gasteiger partial charge on any atom is -0.394 e. The lowest BCUT2D eigenvalue weighted by atomic mass is 9.95. The maximum absolute atomic E-state index is 13.6. The maximum Gasteiger partial charge on any atom is 0.519 e. The minimum absolute atomic E-state index is 0.362. The molecule has 0 amide bonds. The van der Waals surface area contributed by atoms with Gasteiger partial charge in [-0.15, -0.1) is 0 Å². The molecule has 0 N–H and O–H groups in total. The van der Waals surface area contributed by atoms with Gasteiger partial charge in [-0.25, -0.2) is 9.59 Å². The molecule has 0 spiro atoms. The summed E-state index contributed by atoms with van der Waals surface area (Å²) in [7, 11) is 0. The van der Waals surface area contributed by atoms with Crippen molar-refractivity contribution in [3.63, 3.8) is 0 Å². The number of benzene rings is 4. The van der Waals surface area contributed by atoms with E-state index in [-0.39, 0.29) is 0 Å². The Morgan fingerprint density at radius 2 is 0.976 bits per heavy atom. The number of hydrogen-bond donors (Lipinski definition) is 0. The summed E-state index contributed by atoms with van der Waals surface area (Å²) in [5.41, 5.74) is 5.10. The van der Waals surface area contributed by atoms with E-state index < -0.39 is 12.3 Å². The summed E-state index contributed by atoms with van der Waals surface area (Å²) in [6, 6.07) is 14.7. The van der Waals surface area contributed by atoms with Crippen LogP contribution in [0.5, 0.6) is 23.0 Å². The highest BCUT2D eigenvalue weighted by Gasteiger charge is 2.28. The molecule has 210 valence electrons. The second-order valence-electron chi connectivity index (χ2n) is 10.6. The molecule has 0 unspecified atom stereocenters. The average molecular weight is 551 g/mol. The van der Waals surface area contributed by atoms with Crippen molar-refractivity contribution in [2.75, 3.05) is 0 Å². The fraction of sp³-hybridized carbons (Fsp3) is 0.257. The topological polar surface area (TPSA) is 71.1 Å². The van der Waals surface area contributed by atoms with Crippen LogP contribution in [-0.2, 0) is 12.8 Å². The molecule has 0 saturated heterocycles. The van der Waals surface area contributed by atoms with Crippen LogP contribution >= 0.6 is 0 Å². The minimum atomic E-state index is -0.846. The van der Waals surface area contributed by atoms with Gasteiger partial charge in [0, 0.05) is 32.7 Å². The Bertz CT molecular complexity index is 1750. The molecule has 2 aliphatic heterocycles. The van der Waals surface area contributed by atoms with Crippen LogP contribution < -0.4 is 18.9 Å². The van der Waals surface area contributed by atoms with Gasteiger partial charge in [0.05, 0.1) is 0 Å². The molecule has 4 aromatic rings. The van der Waals surface area contributed by atoms with Crippen LogP contribution in [0.2, 0.25) is 0 Å². The summed E-state index contributed by atoms with van der Waals surface area (Å²) < 4.78 is 24.1. The predicted molar refractivity (Wildman–Crippen MR) is 162 cm³/mol. The summed E-state index contributed by atoms with van der Waals surface area (Å²) in [5.74, 6) is 1.48. The summed E-state index contributed by atoms with van der Waals surface area (Å²) in [6.45, 7) is 11.8. The Morgan fingerprint density at radius 1 is 0.610 bits per heavy atom. The van der Waals surface area contributed by atoms with E-state index in [0.717, 1.165) is 23.1 Å². The van der Waals surface area contributed by atoms with Gasteiger partial charge in [-0.05, 0) is 65.0 Å². The second kappa shape index (κ2) is 11.5. The largest absolute Gasteiger partial charge is 0.519 e. The molecule has 0 saturated carbocycles. The maximum atomic E-state index is 13.6. The molecule has 6 rings (SSSR count). The molecule has 4 aromatic carbocycles. The van der Waals surface area contributed by atoms with Crippen LogP contribution in [0, 0.1) is 13.8 Å². The number of ether oxygens (including phenoxy) is 4. The molecule has 0 atom stereocenters. The van der Waals surface area contributed by atoms with Gasteiger partial charge in [-0.1, -0.05) is 78.8 Å². The molecular formula is C35H34O6. The average Bonchev–Trinajstić information content (AvgIpc) is 2.95. The van der Waals surface area contributed by atoms with Gasteiger partial charge >= 0.3 is 12.3 Å². The van der Waals surface area contributed by atoms with Gasteiger partial charge in [0.2, 0.25) is 0 Å². The van der Waals surface area contributed by atoms with Crippen molar-refractivity contribution in [3.8, 4) is 23.0 Å². The van der Waals surface area contributed by atoms with Gasteiger partial charge in [0.1, 0.15) is 23.0 Å². The number of rotatable bonds is 5. The number of allylic oxidation sites excluding steroid dienone is 4. The highest BCUT2D eigenvalue weighted by molar-refractivity contribution is 6.01. The normalized spacial score (nSPS) is 13.5. The summed E-state index contributed by atoms with van der Waals surface area (Å²) in [4.78, 5) is 27.1. The van der Waals surface area contributed by atoms with Crippen LogP contribution in [0.4, 0.5) is 9.59 Å². The van der Waals surface area contributed by atoms with Gasteiger partial charge in [0.15, 0.2) is 0 Å². The van der Waals surface area contributed by atoms with Crippen molar-refractivity contribution >= 4 is 33.9 Å². The third-order valence-corrected chi connectivity index (χ3v) is 7.64. The zero-order valence-corrected chi connectivity index (χ0v) is 24.3. The lowest BCUT2D eigenvalue weighted by Crippen LogP contribution is -2.20. The zero-order valence-electron chi connectivity index (χ0n) is 24.3.